The highest BCUT2D eigenvalue weighted by Gasteiger charge is 2.16. The van der Waals surface area contributed by atoms with E-state index in [9.17, 15) is 4.39 Å². The Balaban J connectivity index is 1.97. The molecule has 0 bridgehead atoms. The molecule has 1 N–H and O–H groups in total. The summed E-state index contributed by atoms with van der Waals surface area (Å²) in [6.07, 6.45) is 4.08. The van der Waals surface area contributed by atoms with Gasteiger partial charge in [0.05, 0.1) is 12.7 Å². The lowest BCUT2D eigenvalue weighted by Gasteiger charge is -2.11. The Morgan fingerprint density at radius 3 is 3.25 bits per heavy atom. The van der Waals surface area contributed by atoms with E-state index in [0.29, 0.717) is 11.6 Å². The minimum absolute atomic E-state index is 0.187. The van der Waals surface area contributed by atoms with E-state index in [-0.39, 0.29) is 5.82 Å². The van der Waals surface area contributed by atoms with Crippen molar-refractivity contribution >= 4 is 10.9 Å². The first-order valence-corrected chi connectivity index (χ1v) is 5.68. The van der Waals surface area contributed by atoms with Crippen molar-refractivity contribution in [3.8, 4) is 0 Å². The van der Waals surface area contributed by atoms with E-state index in [2.05, 4.69) is 10.4 Å². The Hall–Kier alpha value is -1.42. The molecule has 0 saturated carbocycles. The van der Waals surface area contributed by atoms with Crippen LogP contribution in [0.2, 0.25) is 0 Å². The lowest BCUT2D eigenvalue weighted by atomic mass is 10.2. The number of nitrogens with zero attached hydrogens (tertiary/aromatic N) is 2. The van der Waals surface area contributed by atoms with E-state index < -0.39 is 0 Å². The third kappa shape index (κ3) is 1.59. The number of hydrogen-bond donors (Lipinski definition) is 1. The summed E-state index contributed by atoms with van der Waals surface area (Å²) in [6, 6.07) is 5.53. The van der Waals surface area contributed by atoms with Gasteiger partial charge in [-0.3, -0.25) is 4.68 Å². The van der Waals surface area contributed by atoms with Crippen LogP contribution in [0.15, 0.2) is 24.4 Å². The van der Waals surface area contributed by atoms with E-state index in [1.165, 1.54) is 12.5 Å². The van der Waals surface area contributed by atoms with E-state index in [1.807, 2.05) is 6.07 Å². The van der Waals surface area contributed by atoms with Crippen molar-refractivity contribution in [3.05, 3.63) is 30.2 Å². The third-order valence-corrected chi connectivity index (χ3v) is 3.17. The Morgan fingerprint density at radius 2 is 2.44 bits per heavy atom. The normalized spacial score (nSPS) is 20.7. The van der Waals surface area contributed by atoms with Crippen LogP contribution in [0.5, 0.6) is 0 Å². The number of nitrogens with one attached hydrogen (secondary N) is 1. The van der Waals surface area contributed by atoms with Crippen molar-refractivity contribution in [1.82, 2.24) is 15.1 Å². The molecule has 0 radical (unpaired) electrons. The second-order valence-electron chi connectivity index (χ2n) is 4.30. The summed E-state index contributed by atoms with van der Waals surface area (Å²) < 4.78 is 15.4. The molecular formula is C12H14FN3. The van der Waals surface area contributed by atoms with E-state index in [1.54, 1.807) is 16.9 Å². The van der Waals surface area contributed by atoms with Gasteiger partial charge < -0.3 is 5.32 Å². The summed E-state index contributed by atoms with van der Waals surface area (Å²) in [5.74, 6) is -0.187. The maximum absolute atomic E-state index is 13.7. The highest BCUT2D eigenvalue weighted by atomic mass is 19.1. The van der Waals surface area contributed by atoms with Crippen molar-refractivity contribution in [2.24, 2.45) is 0 Å². The fourth-order valence-corrected chi connectivity index (χ4v) is 2.36. The summed E-state index contributed by atoms with van der Waals surface area (Å²) in [7, 11) is 0. The molecule has 1 unspecified atom stereocenters. The summed E-state index contributed by atoms with van der Waals surface area (Å²) in [5, 5.41) is 8.53. The molecule has 16 heavy (non-hydrogen) atoms. The van der Waals surface area contributed by atoms with Crippen molar-refractivity contribution in [3.63, 3.8) is 0 Å². The average molecular weight is 219 g/mol. The van der Waals surface area contributed by atoms with E-state index in [4.69, 9.17) is 0 Å². The molecule has 0 spiro atoms. The van der Waals surface area contributed by atoms with Gasteiger partial charge in [0.2, 0.25) is 0 Å². The fraction of sp³-hybridized carbons (Fsp3) is 0.417. The van der Waals surface area contributed by atoms with Crippen LogP contribution in [0, 0.1) is 5.82 Å². The van der Waals surface area contributed by atoms with Gasteiger partial charge in [0.15, 0.2) is 0 Å². The summed E-state index contributed by atoms with van der Waals surface area (Å²) >= 11 is 0. The molecule has 1 saturated heterocycles. The van der Waals surface area contributed by atoms with Crippen molar-refractivity contribution in [2.45, 2.75) is 25.4 Å². The number of para-hydroxylation sites is 1. The zero-order valence-corrected chi connectivity index (χ0v) is 8.99. The van der Waals surface area contributed by atoms with Gasteiger partial charge in [-0.2, -0.15) is 5.10 Å². The molecule has 1 aliphatic heterocycles. The molecule has 1 fully saturated rings. The van der Waals surface area contributed by atoms with Gasteiger partial charge in [-0.1, -0.05) is 12.1 Å². The number of hydrogen-bond acceptors (Lipinski definition) is 2. The van der Waals surface area contributed by atoms with Gasteiger partial charge >= 0.3 is 0 Å². The maximum atomic E-state index is 13.7. The van der Waals surface area contributed by atoms with Crippen LogP contribution in [0.3, 0.4) is 0 Å². The molecular weight excluding hydrogens is 205 g/mol. The zero-order chi connectivity index (χ0) is 11.0. The minimum atomic E-state index is -0.187. The van der Waals surface area contributed by atoms with E-state index in [0.717, 1.165) is 24.9 Å². The Bertz CT molecular complexity index is 500. The van der Waals surface area contributed by atoms with Crippen molar-refractivity contribution in [1.29, 1.82) is 0 Å². The average Bonchev–Trinajstić information content (AvgIpc) is 2.90. The molecule has 2 heterocycles. The smallest absolute Gasteiger partial charge is 0.149 e. The number of fused-ring (bicyclic) bond motifs is 1. The van der Waals surface area contributed by atoms with Gasteiger partial charge in [0.25, 0.3) is 0 Å². The quantitative estimate of drug-likeness (QED) is 0.836. The van der Waals surface area contributed by atoms with Crippen molar-refractivity contribution < 1.29 is 4.39 Å². The predicted octanol–water partition coefficient (Wildman–Crippen LogP) is 1.93. The molecule has 1 atom stereocenters. The first-order chi connectivity index (χ1) is 7.84. The van der Waals surface area contributed by atoms with Crippen LogP contribution in [0.4, 0.5) is 4.39 Å². The largest absolute Gasteiger partial charge is 0.312 e. The second-order valence-corrected chi connectivity index (χ2v) is 4.30. The highest BCUT2D eigenvalue weighted by molar-refractivity contribution is 5.79. The summed E-state index contributed by atoms with van der Waals surface area (Å²) in [4.78, 5) is 0. The fourth-order valence-electron chi connectivity index (χ4n) is 2.36. The summed E-state index contributed by atoms with van der Waals surface area (Å²) in [6.45, 7) is 1.82. The second kappa shape index (κ2) is 3.87. The molecule has 1 aromatic carbocycles. The minimum Gasteiger partial charge on any atom is -0.312 e. The molecule has 3 nitrogen and oxygen atoms in total. The van der Waals surface area contributed by atoms with Gasteiger partial charge in [-0.05, 0) is 25.5 Å². The molecule has 1 aromatic heterocycles. The monoisotopic (exact) mass is 219 g/mol. The number of benzene rings is 1. The highest BCUT2D eigenvalue weighted by Crippen LogP contribution is 2.18. The van der Waals surface area contributed by atoms with Crippen LogP contribution in [-0.2, 0) is 6.54 Å². The van der Waals surface area contributed by atoms with Crippen LogP contribution < -0.4 is 5.32 Å². The molecule has 0 amide bonds. The Morgan fingerprint density at radius 1 is 1.50 bits per heavy atom. The topological polar surface area (TPSA) is 29.9 Å². The van der Waals surface area contributed by atoms with Crippen molar-refractivity contribution in [2.75, 3.05) is 6.54 Å². The zero-order valence-electron chi connectivity index (χ0n) is 8.99. The van der Waals surface area contributed by atoms with Crippen LogP contribution in [0.1, 0.15) is 12.8 Å². The molecule has 3 rings (SSSR count). The van der Waals surface area contributed by atoms with E-state index >= 15 is 0 Å². The third-order valence-electron chi connectivity index (χ3n) is 3.17. The first kappa shape index (κ1) is 9.78. The van der Waals surface area contributed by atoms with Crippen LogP contribution in [0.25, 0.3) is 10.9 Å². The predicted molar refractivity (Wildman–Crippen MR) is 60.7 cm³/mol. The molecule has 84 valence electrons. The van der Waals surface area contributed by atoms with Gasteiger partial charge in [-0.15, -0.1) is 0 Å². The molecule has 0 aliphatic carbocycles. The number of aromatic nitrogens is 2. The molecule has 1 aliphatic rings. The SMILES string of the molecule is Fc1cccc2cnn(CC3CCCN3)c12. The lowest BCUT2D eigenvalue weighted by Crippen LogP contribution is -2.27. The number of halogens is 1. The molecule has 2 aromatic rings. The standard InChI is InChI=1S/C12H14FN3/c13-11-5-1-3-9-7-15-16(12(9)11)8-10-4-2-6-14-10/h1,3,5,7,10,14H,2,4,6,8H2. The first-order valence-electron chi connectivity index (χ1n) is 5.68. The molecule has 4 heteroatoms. The summed E-state index contributed by atoms with van der Waals surface area (Å²) in [5.41, 5.74) is 0.621. The van der Waals surface area contributed by atoms with Gasteiger partial charge in [0, 0.05) is 11.4 Å². The Labute approximate surface area is 93.3 Å². The van der Waals surface area contributed by atoms with Crippen LogP contribution >= 0.6 is 0 Å². The van der Waals surface area contributed by atoms with Gasteiger partial charge in [-0.25, -0.2) is 4.39 Å². The Kier molecular flexibility index (Phi) is 2.36. The number of rotatable bonds is 2. The van der Waals surface area contributed by atoms with Crippen LogP contribution in [-0.4, -0.2) is 22.4 Å². The maximum Gasteiger partial charge on any atom is 0.149 e. The lowest BCUT2D eigenvalue weighted by molar-refractivity contribution is 0.481. The van der Waals surface area contributed by atoms with Gasteiger partial charge in [0.1, 0.15) is 11.3 Å².